The number of ether oxygens (including phenoxy) is 2. The standard InChI is InChI=1S/C35H36N2O4/c1-5-23-11-10-12-25(19-23)31-18-17-24(21-36-31)20-32(33(38)41-35(2,3)4)37-34(39)40-22-30-28-15-8-6-13-26(28)27-14-7-9-16-29(27)30/h6-19,21,30,32H,5,20,22H2,1-4H3,(H,37,39). The van der Waals surface area contributed by atoms with E-state index in [-0.39, 0.29) is 18.9 Å². The van der Waals surface area contributed by atoms with E-state index in [0.717, 1.165) is 45.5 Å². The summed E-state index contributed by atoms with van der Waals surface area (Å²) in [5.41, 5.74) is 7.79. The number of hydrogen-bond donors (Lipinski definition) is 1. The fourth-order valence-electron chi connectivity index (χ4n) is 5.25. The summed E-state index contributed by atoms with van der Waals surface area (Å²) in [4.78, 5) is 30.8. The molecule has 1 aromatic heterocycles. The number of nitrogens with one attached hydrogen (secondary N) is 1. The molecule has 0 saturated heterocycles. The first-order chi connectivity index (χ1) is 19.7. The summed E-state index contributed by atoms with van der Waals surface area (Å²) < 4.78 is 11.3. The fraction of sp³-hybridized carbons (Fsp3) is 0.286. The van der Waals surface area contributed by atoms with Crippen molar-refractivity contribution in [3.63, 3.8) is 0 Å². The summed E-state index contributed by atoms with van der Waals surface area (Å²) >= 11 is 0. The number of benzene rings is 3. The van der Waals surface area contributed by atoms with Gasteiger partial charge in [-0.25, -0.2) is 9.59 Å². The molecule has 0 radical (unpaired) electrons. The van der Waals surface area contributed by atoms with Crippen LogP contribution in [0.2, 0.25) is 0 Å². The van der Waals surface area contributed by atoms with Crippen LogP contribution in [0.5, 0.6) is 0 Å². The van der Waals surface area contributed by atoms with Crippen LogP contribution in [0.3, 0.4) is 0 Å². The van der Waals surface area contributed by atoms with Crippen LogP contribution in [-0.4, -0.2) is 35.3 Å². The van der Waals surface area contributed by atoms with Crippen molar-refractivity contribution in [2.75, 3.05) is 6.61 Å². The summed E-state index contributed by atoms with van der Waals surface area (Å²) in [6.45, 7) is 7.69. The van der Waals surface area contributed by atoms with Gasteiger partial charge >= 0.3 is 12.1 Å². The third kappa shape index (κ3) is 6.65. The Bertz CT molecular complexity index is 1490. The summed E-state index contributed by atoms with van der Waals surface area (Å²) in [6, 6.07) is 27.6. The van der Waals surface area contributed by atoms with E-state index >= 15 is 0 Å². The quantitative estimate of drug-likeness (QED) is 0.238. The van der Waals surface area contributed by atoms with Crippen LogP contribution in [0, 0.1) is 0 Å². The molecule has 1 amide bonds. The number of amides is 1. The van der Waals surface area contributed by atoms with Gasteiger partial charge in [-0.2, -0.15) is 0 Å². The summed E-state index contributed by atoms with van der Waals surface area (Å²) in [7, 11) is 0. The molecule has 5 rings (SSSR count). The van der Waals surface area contributed by atoms with Gasteiger partial charge in [-0.15, -0.1) is 0 Å². The number of nitrogens with zero attached hydrogens (tertiary/aromatic N) is 1. The first-order valence-electron chi connectivity index (χ1n) is 14.1. The number of hydrogen-bond acceptors (Lipinski definition) is 5. The van der Waals surface area contributed by atoms with Crippen molar-refractivity contribution >= 4 is 12.1 Å². The van der Waals surface area contributed by atoms with Gasteiger partial charge in [0.05, 0.1) is 5.69 Å². The zero-order chi connectivity index (χ0) is 29.0. The Balaban J connectivity index is 1.29. The van der Waals surface area contributed by atoms with E-state index in [1.54, 1.807) is 27.0 Å². The van der Waals surface area contributed by atoms with Crippen molar-refractivity contribution in [1.82, 2.24) is 10.3 Å². The molecule has 1 unspecified atom stereocenters. The molecule has 0 fully saturated rings. The maximum absolute atomic E-state index is 13.1. The van der Waals surface area contributed by atoms with Crippen LogP contribution in [0.4, 0.5) is 4.79 Å². The predicted molar refractivity (Wildman–Crippen MR) is 161 cm³/mol. The number of pyridine rings is 1. The van der Waals surface area contributed by atoms with Crippen molar-refractivity contribution in [2.24, 2.45) is 0 Å². The molecular weight excluding hydrogens is 512 g/mol. The van der Waals surface area contributed by atoms with Gasteiger partial charge < -0.3 is 14.8 Å². The lowest BCUT2D eigenvalue weighted by Crippen LogP contribution is -2.46. The normalized spacial score (nSPS) is 13.2. The van der Waals surface area contributed by atoms with Gasteiger partial charge in [0, 0.05) is 24.1 Å². The molecule has 0 aliphatic heterocycles. The van der Waals surface area contributed by atoms with E-state index in [9.17, 15) is 9.59 Å². The molecule has 3 aromatic carbocycles. The number of alkyl carbamates (subject to hydrolysis) is 1. The third-order valence-corrected chi connectivity index (χ3v) is 7.22. The van der Waals surface area contributed by atoms with Crippen LogP contribution in [0.25, 0.3) is 22.4 Å². The zero-order valence-corrected chi connectivity index (χ0v) is 24.0. The van der Waals surface area contributed by atoms with E-state index in [1.807, 2.05) is 48.5 Å². The Morgan fingerprint density at radius 1 is 0.878 bits per heavy atom. The summed E-state index contributed by atoms with van der Waals surface area (Å²) in [5.74, 6) is -0.596. The molecule has 1 heterocycles. The van der Waals surface area contributed by atoms with Gasteiger partial charge in [-0.1, -0.05) is 79.7 Å². The molecular formula is C35H36N2O4. The highest BCUT2D eigenvalue weighted by atomic mass is 16.6. The van der Waals surface area contributed by atoms with Gasteiger partial charge in [0.1, 0.15) is 18.2 Å². The molecule has 0 bridgehead atoms. The molecule has 6 heteroatoms. The Hall–Kier alpha value is -4.45. The zero-order valence-electron chi connectivity index (χ0n) is 24.0. The van der Waals surface area contributed by atoms with Crippen LogP contribution < -0.4 is 5.32 Å². The summed E-state index contributed by atoms with van der Waals surface area (Å²) in [6.07, 6.45) is 2.25. The van der Waals surface area contributed by atoms with Gasteiger partial charge in [-0.05, 0) is 72.7 Å². The minimum absolute atomic E-state index is 0.0731. The maximum atomic E-state index is 13.1. The van der Waals surface area contributed by atoms with Crippen LogP contribution in [-0.2, 0) is 27.1 Å². The van der Waals surface area contributed by atoms with Gasteiger partial charge in [-0.3, -0.25) is 4.98 Å². The van der Waals surface area contributed by atoms with Crippen LogP contribution in [0.15, 0.2) is 91.1 Å². The molecule has 1 aliphatic rings. The molecule has 6 nitrogen and oxygen atoms in total. The monoisotopic (exact) mass is 548 g/mol. The molecule has 41 heavy (non-hydrogen) atoms. The van der Waals surface area contributed by atoms with E-state index in [0.29, 0.717) is 0 Å². The van der Waals surface area contributed by atoms with E-state index < -0.39 is 23.7 Å². The Kier molecular flexibility index (Phi) is 8.20. The number of esters is 1. The number of rotatable bonds is 8. The highest BCUT2D eigenvalue weighted by molar-refractivity contribution is 5.82. The molecule has 1 atom stereocenters. The smallest absolute Gasteiger partial charge is 0.407 e. The van der Waals surface area contributed by atoms with E-state index in [1.165, 1.54) is 5.56 Å². The topological polar surface area (TPSA) is 77.5 Å². The second kappa shape index (κ2) is 12.0. The first-order valence-corrected chi connectivity index (χ1v) is 14.1. The lowest BCUT2D eigenvalue weighted by Gasteiger charge is -2.25. The maximum Gasteiger partial charge on any atom is 0.407 e. The van der Waals surface area contributed by atoms with Crippen molar-refractivity contribution in [3.8, 4) is 22.4 Å². The van der Waals surface area contributed by atoms with Crippen molar-refractivity contribution in [2.45, 2.75) is 58.1 Å². The second-order valence-electron chi connectivity index (χ2n) is 11.4. The van der Waals surface area contributed by atoms with Crippen LogP contribution >= 0.6 is 0 Å². The third-order valence-electron chi connectivity index (χ3n) is 7.22. The molecule has 1 aliphatic carbocycles. The molecule has 0 saturated carbocycles. The predicted octanol–water partition coefficient (Wildman–Crippen LogP) is 7.10. The Morgan fingerprint density at radius 3 is 2.17 bits per heavy atom. The van der Waals surface area contributed by atoms with Gasteiger partial charge in [0.25, 0.3) is 0 Å². The van der Waals surface area contributed by atoms with E-state index in [2.05, 4.69) is 53.6 Å². The van der Waals surface area contributed by atoms with Gasteiger partial charge in [0.2, 0.25) is 0 Å². The fourth-order valence-corrected chi connectivity index (χ4v) is 5.25. The minimum Gasteiger partial charge on any atom is -0.458 e. The highest BCUT2D eigenvalue weighted by Crippen LogP contribution is 2.44. The molecule has 0 spiro atoms. The number of aromatic nitrogens is 1. The first kappa shape index (κ1) is 28.1. The lowest BCUT2D eigenvalue weighted by atomic mass is 9.98. The van der Waals surface area contributed by atoms with Gasteiger partial charge in [0.15, 0.2) is 0 Å². The van der Waals surface area contributed by atoms with Crippen molar-refractivity contribution in [1.29, 1.82) is 0 Å². The van der Waals surface area contributed by atoms with Crippen LogP contribution in [0.1, 0.15) is 55.9 Å². The largest absolute Gasteiger partial charge is 0.458 e. The average Bonchev–Trinajstić information content (AvgIpc) is 3.29. The Morgan fingerprint density at radius 2 is 1.56 bits per heavy atom. The van der Waals surface area contributed by atoms with Crippen molar-refractivity contribution in [3.05, 3.63) is 113 Å². The molecule has 4 aromatic rings. The minimum atomic E-state index is -0.930. The average molecular weight is 549 g/mol. The SMILES string of the molecule is CCc1cccc(-c2ccc(CC(NC(=O)OCC3c4ccccc4-c4ccccc43)C(=O)OC(C)(C)C)cn2)c1. The molecule has 210 valence electrons. The van der Waals surface area contributed by atoms with E-state index in [4.69, 9.17) is 9.47 Å². The lowest BCUT2D eigenvalue weighted by molar-refractivity contribution is -0.157. The number of aryl methyl sites for hydroxylation is 1. The summed E-state index contributed by atoms with van der Waals surface area (Å²) in [5, 5.41) is 2.76. The number of carbonyl (C=O) groups excluding carboxylic acids is 2. The number of carbonyl (C=O) groups is 2. The second-order valence-corrected chi connectivity index (χ2v) is 11.4. The Labute approximate surface area is 241 Å². The number of fused-ring (bicyclic) bond motifs is 3. The molecule has 1 N–H and O–H groups in total. The highest BCUT2D eigenvalue weighted by Gasteiger charge is 2.31. The van der Waals surface area contributed by atoms with Crippen molar-refractivity contribution < 1.29 is 19.1 Å².